The Balaban J connectivity index is 1.71. The molecule has 2 amide bonds. The van der Waals surface area contributed by atoms with E-state index >= 15 is 0 Å². The SMILES string of the molecule is CNC(=O)COc1ccc(NC(=O)c2cc(-c3cc(OC)c(OC)c(OC)c3)nc3ccccc23)c(C)c1. The van der Waals surface area contributed by atoms with Crippen LogP contribution < -0.4 is 29.6 Å². The normalized spacial score (nSPS) is 10.6. The summed E-state index contributed by atoms with van der Waals surface area (Å²) < 4.78 is 21.9. The van der Waals surface area contributed by atoms with Crippen molar-refractivity contribution in [1.29, 1.82) is 0 Å². The van der Waals surface area contributed by atoms with Crippen molar-refractivity contribution in [2.24, 2.45) is 0 Å². The molecule has 0 aliphatic heterocycles. The number of para-hydroxylation sites is 1. The summed E-state index contributed by atoms with van der Waals surface area (Å²) in [5, 5.41) is 6.21. The van der Waals surface area contributed by atoms with E-state index in [1.165, 1.54) is 0 Å². The number of amides is 2. The number of hydrogen-bond acceptors (Lipinski definition) is 7. The monoisotopic (exact) mass is 515 g/mol. The van der Waals surface area contributed by atoms with Gasteiger partial charge in [-0.3, -0.25) is 9.59 Å². The molecule has 2 N–H and O–H groups in total. The van der Waals surface area contributed by atoms with E-state index in [4.69, 9.17) is 23.9 Å². The molecule has 0 saturated heterocycles. The van der Waals surface area contributed by atoms with Gasteiger partial charge in [0.1, 0.15) is 5.75 Å². The molecule has 196 valence electrons. The molecule has 4 rings (SSSR count). The number of nitrogens with one attached hydrogen (secondary N) is 2. The zero-order valence-electron chi connectivity index (χ0n) is 21.9. The molecule has 0 unspecified atom stereocenters. The maximum absolute atomic E-state index is 13.6. The van der Waals surface area contributed by atoms with Crippen molar-refractivity contribution < 1.29 is 28.5 Å². The van der Waals surface area contributed by atoms with Crippen LogP contribution >= 0.6 is 0 Å². The number of likely N-dealkylation sites (N-methyl/N-ethyl adjacent to an activating group) is 1. The van der Waals surface area contributed by atoms with Crippen molar-refractivity contribution in [2.75, 3.05) is 40.3 Å². The van der Waals surface area contributed by atoms with E-state index in [9.17, 15) is 9.59 Å². The van der Waals surface area contributed by atoms with E-state index in [1.54, 1.807) is 64.8 Å². The molecular formula is C29H29N3O6. The number of benzene rings is 3. The van der Waals surface area contributed by atoms with Crippen LogP contribution in [0.15, 0.2) is 60.7 Å². The summed E-state index contributed by atoms with van der Waals surface area (Å²) >= 11 is 0. The summed E-state index contributed by atoms with van der Waals surface area (Å²) in [6.07, 6.45) is 0. The van der Waals surface area contributed by atoms with Crippen molar-refractivity contribution in [3.05, 3.63) is 71.8 Å². The van der Waals surface area contributed by atoms with Crippen molar-refractivity contribution in [1.82, 2.24) is 10.3 Å². The van der Waals surface area contributed by atoms with Gasteiger partial charge in [-0.05, 0) is 55.0 Å². The molecular weight excluding hydrogens is 486 g/mol. The van der Waals surface area contributed by atoms with Gasteiger partial charge in [0.15, 0.2) is 18.1 Å². The third kappa shape index (κ3) is 5.46. The third-order valence-electron chi connectivity index (χ3n) is 6.02. The fourth-order valence-electron chi connectivity index (χ4n) is 4.02. The predicted molar refractivity (Wildman–Crippen MR) is 146 cm³/mol. The van der Waals surface area contributed by atoms with Crippen LogP contribution in [0.1, 0.15) is 15.9 Å². The molecule has 9 heteroatoms. The van der Waals surface area contributed by atoms with Crippen molar-refractivity contribution >= 4 is 28.4 Å². The van der Waals surface area contributed by atoms with Gasteiger partial charge in [-0.1, -0.05) is 18.2 Å². The van der Waals surface area contributed by atoms with Crippen LogP contribution in [0.5, 0.6) is 23.0 Å². The minimum absolute atomic E-state index is 0.0889. The van der Waals surface area contributed by atoms with Crippen LogP contribution in [-0.4, -0.2) is 51.8 Å². The average Bonchev–Trinajstić information content (AvgIpc) is 2.95. The van der Waals surface area contributed by atoms with Crippen LogP contribution in [0.3, 0.4) is 0 Å². The van der Waals surface area contributed by atoms with Gasteiger partial charge in [-0.15, -0.1) is 0 Å². The quantitative estimate of drug-likeness (QED) is 0.335. The number of carbonyl (C=O) groups excluding carboxylic acids is 2. The fourth-order valence-corrected chi connectivity index (χ4v) is 4.02. The Morgan fingerprint density at radius 2 is 1.61 bits per heavy atom. The summed E-state index contributed by atoms with van der Waals surface area (Å²) in [5.74, 6) is 1.44. The molecule has 0 aliphatic carbocycles. The second-order valence-electron chi connectivity index (χ2n) is 8.38. The zero-order valence-corrected chi connectivity index (χ0v) is 21.9. The Kier molecular flexibility index (Phi) is 7.96. The molecule has 1 aromatic heterocycles. The summed E-state index contributed by atoms with van der Waals surface area (Å²) in [6, 6.07) is 18.0. The van der Waals surface area contributed by atoms with Crippen molar-refractivity contribution in [3.63, 3.8) is 0 Å². The minimum Gasteiger partial charge on any atom is -0.493 e. The van der Waals surface area contributed by atoms with Gasteiger partial charge >= 0.3 is 0 Å². The molecule has 3 aromatic carbocycles. The third-order valence-corrected chi connectivity index (χ3v) is 6.02. The number of aromatic nitrogens is 1. The highest BCUT2D eigenvalue weighted by Gasteiger charge is 2.19. The second-order valence-corrected chi connectivity index (χ2v) is 8.38. The molecule has 0 saturated carbocycles. The zero-order chi connectivity index (χ0) is 27.2. The summed E-state index contributed by atoms with van der Waals surface area (Å²) in [7, 11) is 6.18. The van der Waals surface area contributed by atoms with Crippen LogP contribution in [0.25, 0.3) is 22.2 Å². The molecule has 0 bridgehead atoms. The van der Waals surface area contributed by atoms with Gasteiger partial charge in [-0.2, -0.15) is 0 Å². The van der Waals surface area contributed by atoms with Gasteiger partial charge < -0.3 is 29.6 Å². The smallest absolute Gasteiger partial charge is 0.257 e. The Labute approximate surface area is 220 Å². The van der Waals surface area contributed by atoms with E-state index in [-0.39, 0.29) is 18.4 Å². The van der Waals surface area contributed by atoms with Crippen LogP contribution in [-0.2, 0) is 4.79 Å². The van der Waals surface area contributed by atoms with E-state index in [2.05, 4.69) is 10.6 Å². The lowest BCUT2D eigenvalue weighted by Gasteiger charge is -2.15. The van der Waals surface area contributed by atoms with E-state index in [0.29, 0.717) is 56.4 Å². The first-order valence-corrected chi connectivity index (χ1v) is 11.8. The fraction of sp³-hybridized carbons (Fsp3) is 0.207. The molecule has 0 aliphatic rings. The number of methoxy groups -OCH3 is 3. The highest BCUT2D eigenvalue weighted by Crippen LogP contribution is 2.41. The summed E-state index contributed by atoms with van der Waals surface area (Å²) in [5.41, 5.74) is 3.81. The topological polar surface area (TPSA) is 108 Å². The molecule has 4 aromatic rings. The number of anilines is 1. The van der Waals surface area contributed by atoms with Crippen LogP contribution in [0.4, 0.5) is 5.69 Å². The lowest BCUT2D eigenvalue weighted by atomic mass is 10.0. The molecule has 1 heterocycles. The number of carbonyl (C=O) groups is 2. The lowest BCUT2D eigenvalue weighted by Crippen LogP contribution is -2.24. The first-order valence-electron chi connectivity index (χ1n) is 11.8. The maximum atomic E-state index is 13.6. The minimum atomic E-state index is -0.292. The van der Waals surface area contributed by atoms with Crippen LogP contribution in [0, 0.1) is 6.92 Å². The Morgan fingerprint density at radius 1 is 0.895 bits per heavy atom. The first kappa shape index (κ1) is 26.3. The second kappa shape index (κ2) is 11.5. The van der Waals surface area contributed by atoms with Gasteiger partial charge in [-0.25, -0.2) is 4.98 Å². The Hall–Kier alpha value is -4.79. The van der Waals surface area contributed by atoms with Gasteiger partial charge in [0, 0.05) is 23.7 Å². The highest BCUT2D eigenvalue weighted by atomic mass is 16.5. The Morgan fingerprint density at radius 3 is 2.24 bits per heavy atom. The van der Waals surface area contributed by atoms with E-state index in [1.807, 2.05) is 31.2 Å². The molecule has 9 nitrogen and oxygen atoms in total. The van der Waals surface area contributed by atoms with Gasteiger partial charge in [0.2, 0.25) is 5.75 Å². The number of nitrogens with zero attached hydrogens (tertiary/aromatic N) is 1. The summed E-state index contributed by atoms with van der Waals surface area (Å²) in [4.78, 5) is 29.8. The number of hydrogen-bond donors (Lipinski definition) is 2. The number of rotatable bonds is 9. The average molecular weight is 516 g/mol. The largest absolute Gasteiger partial charge is 0.493 e. The molecule has 0 spiro atoms. The van der Waals surface area contributed by atoms with Crippen molar-refractivity contribution in [2.45, 2.75) is 6.92 Å². The maximum Gasteiger partial charge on any atom is 0.257 e. The lowest BCUT2D eigenvalue weighted by molar-refractivity contribution is -0.122. The molecule has 0 radical (unpaired) electrons. The number of fused-ring (bicyclic) bond motifs is 1. The predicted octanol–water partition coefficient (Wildman–Crippen LogP) is 4.61. The van der Waals surface area contributed by atoms with E-state index < -0.39 is 0 Å². The van der Waals surface area contributed by atoms with Gasteiger partial charge in [0.05, 0.1) is 38.1 Å². The molecule has 0 fully saturated rings. The van der Waals surface area contributed by atoms with Crippen LogP contribution in [0.2, 0.25) is 0 Å². The first-order chi connectivity index (χ1) is 18.4. The molecule has 38 heavy (non-hydrogen) atoms. The Bertz CT molecular complexity index is 1480. The van der Waals surface area contributed by atoms with Crippen molar-refractivity contribution in [3.8, 4) is 34.3 Å². The molecule has 0 atom stereocenters. The highest BCUT2D eigenvalue weighted by molar-refractivity contribution is 6.13. The standard InChI is InChI=1S/C29H29N3O6/c1-17-12-19(38-16-27(33)30-2)10-11-22(17)32-29(34)21-15-24(31-23-9-7-6-8-20(21)23)18-13-25(35-3)28(37-5)26(14-18)36-4/h6-15H,16H2,1-5H3,(H,30,33)(H,32,34). The number of pyridine rings is 1. The number of ether oxygens (including phenoxy) is 4. The number of aryl methyl sites for hydroxylation is 1. The van der Waals surface area contributed by atoms with E-state index in [0.717, 1.165) is 5.56 Å². The summed E-state index contributed by atoms with van der Waals surface area (Å²) in [6.45, 7) is 1.77. The van der Waals surface area contributed by atoms with Gasteiger partial charge in [0.25, 0.3) is 11.8 Å².